The van der Waals surface area contributed by atoms with Crippen molar-refractivity contribution in [1.29, 1.82) is 0 Å². The molecule has 4 N–H and O–H groups in total. The van der Waals surface area contributed by atoms with Gasteiger partial charge in [0.1, 0.15) is 0 Å². The van der Waals surface area contributed by atoms with Gasteiger partial charge in [-0.3, -0.25) is 14.7 Å². The van der Waals surface area contributed by atoms with Crippen molar-refractivity contribution in [2.45, 2.75) is 18.9 Å². The fraction of sp³-hybridized carbons (Fsp3) is 0.450. The number of anilines is 2. The van der Waals surface area contributed by atoms with Crippen molar-refractivity contribution >= 4 is 23.2 Å². The number of nitrogens with one attached hydrogen (secondary N) is 4. The smallest absolute Gasteiger partial charge is 0.274 e. The molecule has 2 saturated heterocycles. The summed E-state index contributed by atoms with van der Waals surface area (Å²) in [5.41, 5.74) is 1.98. The number of hydrogen-bond acceptors (Lipinski definition) is 6. The zero-order valence-corrected chi connectivity index (χ0v) is 16.2. The van der Waals surface area contributed by atoms with Gasteiger partial charge in [0.25, 0.3) is 11.8 Å². The van der Waals surface area contributed by atoms with Crippen LogP contribution in [-0.4, -0.2) is 67.4 Å². The SMILES string of the molecule is O=C(Nc1c[nH]nc1C(=O)NC1CCNCC1)c1ccccc1N1CCOCC1. The standard InChI is InChI=1S/C20H26N6O3/c27-19(15-3-1-2-4-17(15)26-9-11-29-12-10-26)24-16-13-22-25-18(16)20(28)23-14-5-7-21-8-6-14/h1-4,13-14,21H,5-12H2,(H,22,25)(H,23,28)(H,24,27). The van der Waals surface area contributed by atoms with E-state index in [-0.39, 0.29) is 23.6 Å². The Labute approximate surface area is 169 Å². The number of amides is 2. The van der Waals surface area contributed by atoms with E-state index in [2.05, 4.69) is 31.0 Å². The molecule has 2 aliphatic heterocycles. The van der Waals surface area contributed by atoms with Crippen molar-refractivity contribution in [3.05, 3.63) is 41.7 Å². The van der Waals surface area contributed by atoms with Crippen LogP contribution in [0.5, 0.6) is 0 Å². The molecule has 1 aromatic heterocycles. The highest BCUT2D eigenvalue weighted by molar-refractivity contribution is 6.10. The second-order valence-corrected chi connectivity index (χ2v) is 7.22. The molecule has 9 nitrogen and oxygen atoms in total. The highest BCUT2D eigenvalue weighted by atomic mass is 16.5. The van der Waals surface area contributed by atoms with Crippen LogP contribution >= 0.6 is 0 Å². The lowest BCUT2D eigenvalue weighted by Crippen LogP contribution is -2.43. The Morgan fingerprint density at radius 1 is 1.10 bits per heavy atom. The predicted molar refractivity (Wildman–Crippen MR) is 109 cm³/mol. The number of aromatic nitrogens is 2. The number of nitrogens with zero attached hydrogens (tertiary/aromatic N) is 2. The maximum absolute atomic E-state index is 13.0. The minimum atomic E-state index is -0.282. The molecule has 2 fully saturated rings. The van der Waals surface area contributed by atoms with Crippen LogP contribution in [0, 0.1) is 0 Å². The molecule has 2 amide bonds. The van der Waals surface area contributed by atoms with Gasteiger partial charge in [0.05, 0.1) is 24.5 Å². The lowest BCUT2D eigenvalue weighted by molar-refractivity contribution is 0.0925. The van der Waals surface area contributed by atoms with Gasteiger partial charge in [-0.15, -0.1) is 0 Å². The molecule has 0 unspecified atom stereocenters. The average Bonchev–Trinajstić information content (AvgIpc) is 3.23. The number of hydrogen-bond donors (Lipinski definition) is 4. The van der Waals surface area contributed by atoms with Crippen LogP contribution in [0.4, 0.5) is 11.4 Å². The van der Waals surface area contributed by atoms with E-state index in [1.807, 2.05) is 18.2 Å². The number of aromatic amines is 1. The number of carbonyl (C=O) groups excluding carboxylic acids is 2. The van der Waals surface area contributed by atoms with E-state index in [1.165, 1.54) is 6.20 Å². The Balaban J connectivity index is 1.47. The second kappa shape index (κ2) is 9.06. The molecule has 2 aromatic rings. The van der Waals surface area contributed by atoms with Crippen molar-refractivity contribution in [3.8, 4) is 0 Å². The monoisotopic (exact) mass is 398 g/mol. The maximum atomic E-state index is 13.0. The molecule has 3 heterocycles. The molecule has 0 spiro atoms. The predicted octanol–water partition coefficient (Wildman–Crippen LogP) is 0.980. The van der Waals surface area contributed by atoms with E-state index in [4.69, 9.17) is 4.74 Å². The summed E-state index contributed by atoms with van der Waals surface area (Å²) in [6.07, 6.45) is 3.29. The van der Waals surface area contributed by atoms with Gasteiger partial charge in [-0.05, 0) is 38.1 Å². The number of piperidine rings is 1. The first-order chi connectivity index (χ1) is 14.2. The van der Waals surface area contributed by atoms with Crippen molar-refractivity contribution in [1.82, 2.24) is 20.8 Å². The second-order valence-electron chi connectivity index (χ2n) is 7.22. The highest BCUT2D eigenvalue weighted by Gasteiger charge is 2.23. The Morgan fingerprint density at radius 2 is 1.86 bits per heavy atom. The van der Waals surface area contributed by atoms with Crippen molar-refractivity contribution in [2.24, 2.45) is 0 Å². The van der Waals surface area contributed by atoms with Gasteiger partial charge in [-0.1, -0.05) is 12.1 Å². The lowest BCUT2D eigenvalue weighted by Gasteiger charge is -2.30. The van der Waals surface area contributed by atoms with Crippen LogP contribution in [0.2, 0.25) is 0 Å². The summed E-state index contributed by atoms with van der Waals surface area (Å²) in [6.45, 7) is 4.51. The fourth-order valence-electron chi connectivity index (χ4n) is 3.71. The number of benzene rings is 1. The number of H-pyrrole nitrogens is 1. The third-order valence-corrected chi connectivity index (χ3v) is 5.28. The molecule has 4 rings (SSSR count). The van der Waals surface area contributed by atoms with Crippen LogP contribution in [0.1, 0.15) is 33.7 Å². The Hall–Kier alpha value is -2.91. The molecule has 0 radical (unpaired) electrons. The molecule has 2 aliphatic rings. The van der Waals surface area contributed by atoms with E-state index in [0.717, 1.165) is 44.7 Å². The summed E-state index contributed by atoms with van der Waals surface area (Å²) in [5, 5.41) is 15.8. The number of rotatable bonds is 5. The zero-order valence-electron chi connectivity index (χ0n) is 16.2. The molecule has 29 heavy (non-hydrogen) atoms. The zero-order chi connectivity index (χ0) is 20.1. The largest absolute Gasteiger partial charge is 0.378 e. The molecule has 0 bridgehead atoms. The average molecular weight is 398 g/mol. The van der Waals surface area contributed by atoms with Crippen molar-refractivity contribution < 1.29 is 14.3 Å². The quantitative estimate of drug-likeness (QED) is 0.598. The first-order valence-electron chi connectivity index (χ1n) is 10.0. The first kappa shape index (κ1) is 19.4. The van der Waals surface area contributed by atoms with E-state index < -0.39 is 0 Å². The summed E-state index contributed by atoms with van der Waals surface area (Å²) < 4.78 is 5.41. The summed E-state index contributed by atoms with van der Waals surface area (Å²) in [5.74, 6) is -0.556. The van der Waals surface area contributed by atoms with Gasteiger partial charge in [-0.2, -0.15) is 5.10 Å². The number of carbonyl (C=O) groups is 2. The minimum absolute atomic E-state index is 0.117. The van der Waals surface area contributed by atoms with Crippen LogP contribution in [-0.2, 0) is 4.74 Å². The third-order valence-electron chi connectivity index (χ3n) is 5.28. The Morgan fingerprint density at radius 3 is 2.66 bits per heavy atom. The molecule has 154 valence electrons. The number of morpholine rings is 1. The van der Waals surface area contributed by atoms with Gasteiger partial charge in [-0.25, -0.2) is 0 Å². The molecule has 1 aromatic carbocycles. The molecule has 0 aliphatic carbocycles. The van der Waals surface area contributed by atoms with Crippen LogP contribution in [0.3, 0.4) is 0 Å². The minimum Gasteiger partial charge on any atom is -0.378 e. The molecule has 0 atom stereocenters. The van der Waals surface area contributed by atoms with Gasteiger partial charge in [0, 0.05) is 31.0 Å². The van der Waals surface area contributed by atoms with Crippen molar-refractivity contribution in [2.75, 3.05) is 49.6 Å². The molecular formula is C20H26N6O3. The summed E-state index contributed by atoms with van der Waals surface area (Å²) >= 11 is 0. The topological polar surface area (TPSA) is 111 Å². The van der Waals surface area contributed by atoms with Crippen LogP contribution in [0.15, 0.2) is 30.5 Å². The molecule has 0 saturated carbocycles. The number of ether oxygens (including phenoxy) is 1. The van der Waals surface area contributed by atoms with Gasteiger partial charge >= 0.3 is 0 Å². The Kier molecular flexibility index (Phi) is 6.06. The van der Waals surface area contributed by atoms with Gasteiger partial charge in [0.2, 0.25) is 0 Å². The molecular weight excluding hydrogens is 372 g/mol. The summed E-state index contributed by atoms with van der Waals surface area (Å²) in [4.78, 5) is 27.8. The van der Waals surface area contributed by atoms with E-state index in [1.54, 1.807) is 6.07 Å². The van der Waals surface area contributed by atoms with Crippen LogP contribution < -0.4 is 20.9 Å². The summed E-state index contributed by atoms with van der Waals surface area (Å²) in [6, 6.07) is 7.58. The fourth-order valence-corrected chi connectivity index (χ4v) is 3.71. The normalized spacial score (nSPS) is 17.7. The van der Waals surface area contributed by atoms with E-state index in [9.17, 15) is 9.59 Å². The molecule has 9 heteroatoms. The third kappa shape index (κ3) is 4.57. The van der Waals surface area contributed by atoms with Gasteiger partial charge in [0.15, 0.2) is 5.69 Å². The first-order valence-corrected chi connectivity index (χ1v) is 10.0. The van der Waals surface area contributed by atoms with E-state index >= 15 is 0 Å². The van der Waals surface area contributed by atoms with Crippen molar-refractivity contribution in [3.63, 3.8) is 0 Å². The Bertz CT molecular complexity index is 855. The maximum Gasteiger partial charge on any atom is 0.274 e. The van der Waals surface area contributed by atoms with E-state index in [0.29, 0.717) is 24.5 Å². The van der Waals surface area contributed by atoms with Crippen LogP contribution in [0.25, 0.3) is 0 Å². The highest BCUT2D eigenvalue weighted by Crippen LogP contribution is 2.23. The van der Waals surface area contributed by atoms with Gasteiger partial charge < -0.3 is 25.6 Å². The summed E-state index contributed by atoms with van der Waals surface area (Å²) in [7, 11) is 0. The number of para-hydroxylation sites is 1. The lowest BCUT2D eigenvalue weighted by atomic mass is 10.1.